The minimum Gasteiger partial charge on any atom is -0.351 e. The third kappa shape index (κ3) is 4.56. The first-order chi connectivity index (χ1) is 14.2. The van der Waals surface area contributed by atoms with Crippen LogP contribution in [0.4, 0.5) is 0 Å². The predicted molar refractivity (Wildman–Crippen MR) is 119 cm³/mol. The highest BCUT2D eigenvalue weighted by Gasteiger charge is 2.24. The molecule has 3 aromatic rings. The molecule has 2 heterocycles. The molecule has 1 N–H and O–H groups in total. The van der Waals surface area contributed by atoms with Gasteiger partial charge in [0.25, 0.3) is 0 Å². The summed E-state index contributed by atoms with van der Waals surface area (Å²) in [6, 6.07) is 9.95. The van der Waals surface area contributed by atoms with Gasteiger partial charge in [-0.1, -0.05) is 49.0 Å². The van der Waals surface area contributed by atoms with Gasteiger partial charge in [0, 0.05) is 28.9 Å². The van der Waals surface area contributed by atoms with Crippen LogP contribution in [0, 0.1) is 5.92 Å². The molecule has 152 valence electrons. The first-order valence-electron chi connectivity index (χ1n) is 10.1. The number of fused-ring (bicyclic) bond motifs is 1. The number of aromatic nitrogens is 3. The van der Waals surface area contributed by atoms with E-state index in [4.69, 9.17) is 0 Å². The summed E-state index contributed by atoms with van der Waals surface area (Å²) in [5.74, 6) is 2.04. The van der Waals surface area contributed by atoms with Crippen LogP contribution in [0.1, 0.15) is 36.3 Å². The van der Waals surface area contributed by atoms with E-state index >= 15 is 0 Å². The van der Waals surface area contributed by atoms with Crippen molar-refractivity contribution >= 4 is 29.0 Å². The number of carbonyl (C=O) groups excluding carboxylic acids is 1. The van der Waals surface area contributed by atoms with Crippen molar-refractivity contribution in [3.63, 3.8) is 0 Å². The Hall–Kier alpha value is -2.12. The fourth-order valence-corrected chi connectivity index (χ4v) is 5.80. The summed E-state index contributed by atoms with van der Waals surface area (Å²) in [6.45, 7) is 5.77. The van der Waals surface area contributed by atoms with Crippen molar-refractivity contribution in [2.45, 2.75) is 51.4 Å². The SMILES string of the molecule is CCn1c(SCC(=O)NCc2ccccc2)nnc1-c1csc2c1CCC(C)C2. The largest absolute Gasteiger partial charge is 0.351 e. The number of nitrogens with one attached hydrogen (secondary N) is 1. The number of carbonyl (C=O) groups is 1. The quantitative estimate of drug-likeness (QED) is 0.563. The summed E-state index contributed by atoms with van der Waals surface area (Å²) in [4.78, 5) is 13.8. The highest BCUT2D eigenvalue weighted by atomic mass is 32.2. The smallest absolute Gasteiger partial charge is 0.230 e. The molecule has 1 aliphatic rings. The van der Waals surface area contributed by atoms with Crippen molar-refractivity contribution in [3.05, 3.63) is 51.7 Å². The maximum atomic E-state index is 12.3. The number of hydrogen-bond acceptors (Lipinski definition) is 5. The first-order valence-corrected chi connectivity index (χ1v) is 12.0. The zero-order valence-corrected chi connectivity index (χ0v) is 18.5. The van der Waals surface area contributed by atoms with Gasteiger partial charge in [-0.3, -0.25) is 4.79 Å². The maximum absolute atomic E-state index is 12.3. The number of hydrogen-bond donors (Lipinski definition) is 1. The lowest BCUT2D eigenvalue weighted by molar-refractivity contribution is -0.118. The van der Waals surface area contributed by atoms with Crippen LogP contribution >= 0.6 is 23.1 Å². The molecule has 0 saturated carbocycles. The third-order valence-corrected chi connectivity index (χ3v) is 7.36. The average Bonchev–Trinajstić information content (AvgIpc) is 3.34. The summed E-state index contributed by atoms with van der Waals surface area (Å²) in [5, 5.41) is 14.9. The summed E-state index contributed by atoms with van der Waals surface area (Å²) in [5.41, 5.74) is 3.78. The van der Waals surface area contributed by atoms with Crippen LogP contribution in [-0.2, 0) is 30.7 Å². The number of thiophene rings is 1. The van der Waals surface area contributed by atoms with Crippen LogP contribution in [0.15, 0.2) is 40.9 Å². The fraction of sp³-hybridized carbons (Fsp3) is 0.409. The molecule has 1 atom stereocenters. The standard InChI is InChI=1S/C22H26N4OS2/c1-3-26-21(18-13-28-19-11-15(2)9-10-17(18)19)24-25-22(26)29-14-20(27)23-12-16-7-5-4-6-8-16/h4-8,13,15H,3,9-12,14H2,1-2H3,(H,23,27). The second kappa shape index (κ2) is 9.13. The number of amides is 1. The van der Waals surface area contributed by atoms with Crippen LogP contribution in [-0.4, -0.2) is 26.4 Å². The molecule has 7 heteroatoms. The van der Waals surface area contributed by atoms with Crippen molar-refractivity contribution in [2.24, 2.45) is 5.92 Å². The van der Waals surface area contributed by atoms with E-state index in [-0.39, 0.29) is 5.91 Å². The molecule has 0 spiro atoms. The Morgan fingerprint density at radius 3 is 2.93 bits per heavy atom. The van der Waals surface area contributed by atoms with Crippen molar-refractivity contribution < 1.29 is 4.79 Å². The molecule has 0 aliphatic heterocycles. The highest BCUT2D eigenvalue weighted by molar-refractivity contribution is 7.99. The summed E-state index contributed by atoms with van der Waals surface area (Å²) >= 11 is 3.30. The van der Waals surface area contributed by atoms with Gasteiger partial charge in [-0.25, -0.2) is 0 Å². The second-order valence-electron chi connectivity index (χ2n) is 7.50. The van der Waals surface area contributed by atoms with E-state index in [0.717, 1.165) is 35.4 Å². The van der Waals surface area contributed by atoms with Gasteiger partial charge in [-0.05, 0) is 43.2 Å². The Kier molecular flexibility index (Phi) is 6.35. The topological polar surface area (TPSA) is 59.8 Å². The zero-order valence-electron chi connectivity index (χ0n) is 16.9. The van der Waals surface area contributed by atoms with Crippen LogP contribution in [0.25, 0.3) is 11.4 Å². The van der Waals surface area contributed by atoms with Crippen LogP contribution in [0.3, 0.4) is 0 Å². The van der Waals surface area contributed by atoms with Gasteiger partial charge in [-0.2, -0.15) is 0 Å². The maximum Gasteiger partial charge on any atom is 0.230 e. The molecule has 1 amide bonds. The minimum absolute atomic E-state index is 0.00737. The molecule has 1 aromatic carbocycles. The normalized spacial score (nSPS) is 15.9. The molecule has 2 aromatic heterocycles. The van der Waals surface area contributed by atoms with Gasteiger partial charge < -0.3 is 9.88 Å². The van der Waals surface area contributed by atoms with E-state index in [1.165, 1.54) is 40.6 Å². The lowest BCUT2D eigenvalue weighted by atomic mass is 9.88. The van der Waals surface area contributed by atoms with E-state index in [9.17, 15) is 4.79 Å². The minimum atomic E-state index is 0.00737. The van der Waals surface area contributed by atoms with Gasteiger partial charge in [-0.15, -0.1) is 21.5 Å². The van der Waals surface area contributed by atoms with E-state index in [1.807, 2.05) is 41.7 Å². The number of rotatable bonds is 7. The lowest BCUT2D eigenvalue weighted by Crippen LogP contribution is -2.24. The molecule has 4 rings (SSSR count). The van der Waals surface area contributed by atoms with E-state index in [2.05, 4.69) is 39.3 Å². The summed E-state index contributed by atoms with van der Waals surface area (Å²) in [6.07, 6.45) is 3.53. The Morgan fingerprint density at radius 2 is 2.14 bits per heavy atom. The Bertz CT molecular complexity index is 980. The first kappa shape index (κ1) is 20.2. The fourth-order valence-electron chi connectivity index (χ4n) is 3.72. The third-order valence-electron chi connectivity index (χ3n) is 5.34. The van der Waals surface area contributed by atoms with Crippen LogP contribution in [0.2, 0.25) is 0 Å². The zero-order chi connectivity index (χ0) is 20.2. The Balaban J connectivity index is 1.42. The molecular weight excluding hydrogens is 400 g/mol. The molecule has 5 nitrogen and oxygen atoms in total. The number of benzene rings is 1. The van der Waals surface area contributed by atoms with Crippen molar-refractivity contribution in [1.82, 2.24) is 20.1 Å². The predicted octanol–water partition coefficient (Wildman–Crippen LogP) is 4.56. The van der Waals surface area contributed by atoms with Gasteiger partial charge >= 0.3 is 0 Å². The summed E-state index contributed by atoms with van der Waals surface area (Å²) < 4.78 is 2.13. The molecule has 0 bridgehead atoms. The van der Waals surface area contributed by atoms with Crippen molar-refractivity contribution in [1.29, 1.82) is 0 Å². The summed E-state index contributed by atoms with van der Waals surface area (Å²) in [7, 11) is 0. The second-order valence-corrected chi connectivity index (χ2v) is 9.41. The monoisotopic (exact) mass is 426 g/mol. The Morgan fingerprint density at radius 1 is 1.31 bits per heavy atom. The molecule has 0 fully saturated rings. The van der Waals surface area contributed by atoms with Crippen LogP contribution < -0.4 is 5.32 Å². The Labute approximate surface area is 179 Å². The number of thioether (sulfide) groups is 1. The van der Waals surface area contributed by atoms with Gasteiger partial charge in [0.15, 0.2) is 11.0 Å². The lowest BCUT2D eigenvalue weighted by Gasteiger charge is -2.19. The molecule has 0 saturated heterocycles. The van der Waals surface area contributed by atoms with E-state index < -0.39 is 0 Å². The van der Waals surface area contributed by atoms with E-state index in [1.54, 1.807) is 0 Å². The molecule has 0 radical (unpaired) electrons. The van der Waals surface area contributed by atoms with Gasteiger partial charge in [0.1, 0.15) is 0 Å². The number of nitrogens with zero attached hydrogens (tertiary/aromatic N) is 3. The van der Waals surface area contributed by atoms with Gasteiger partial charge in [0.2, 0.25) is 5.91 Å². The van der Waals surface area contributed by atoms with Crippen molar-refractivity contribution in [3.8, 4) is 11.4 Å². The van der Waals surface area contributed by atoms with Crippen LogP contribution in [0.5, 0.6) is 0 Å². The molecular formula is C22H26N4OS2. The van der Waals surface area contributed by atoms with E-state index in [0.29, 0.717) is 12.3 Å². The highest BCUT2D eigenvalue weighted by Crippen LogP contribution is 2.38. The molecule has 1 unspecified atom stereocenters. The average molecular weight is 427 g/mol. The van der Waals surface area contributed by atoms with Crippen molar-refractivity contribution in [2.75, 3.05) is 5.75 Å². The van der Waals surface area contributed by atoms with Gasteiger partial charge in [0.05, 0.1) is 5.75 Å². The molecule has 1 aliphatic carbocycles. The molecule has 29 heavy (non-hydrogen) atoms.